The second kappa shape index (κ2) is 5.61. The summed E-state index contributed by atoms with van der Waals surface area (Å²) < 4.78 is 0. The molecule has 4 heteroatoms. The van der Waals surface area contributed by atoms with Gasteiger partial charge in [0.15, 0.2) is 0 Å². The molecule has 0 amide bonds. The Bertz CT molecular complexity index is 597. The molecule has 0 spiro atoms. The molecule has 1 aromatic heterocycles. The molecule has 0 bridgehead atoms. The van der Waals surface area contributed by atoms with Gasteiger partial charge in [-0.05, 0) is 44.9 Å². The molecular weight excluding hydrogens is 236 g/mol. The van der Waals surface area contributed by atoms with Crippen molar-refractivity contribution in [3.05, 3.63) is 52.3 Å². The molecule has 2 aromatic rings. The van der Waals surface area contributed by atoms with Gasteiger partial charge in [-0.1, -0.05) is 23.8 Å². The van der Waals surface area contributed by atoms with E-state index < -0.39 is 0 Å². The van der Waals surface area contributed by atoms with E-state index >= 15 is 0 Å². The molecule has 0 saturated carbocycles. The van der Waals surface area contributed by atoms with Gasteiger partial charge in [0.1, 0.15) is 0 Å². The third-order valence-corrected chi connectivity index (χ3v) is 2.78. The number of anilines is 1. The first-order chi connectivity index (χ1) is 9.04. The van der Waals surface area contributed by atoms with Crippen LogP contribution in [0.1, 0.15) is 28.1 Å². The van der Waals surface area contributed by atoms with Crippen molar-refractivity contribution in [1.29, 1.82) is 0 Å². The van der Waals surface area contributed by atoms with E-state index in [1.807, 2.05) is 19.9 Å². The maximum atomic E-state index is 4.27. The minimum atomic E-state index is 0.526. The predicted molar refractivity (Wildman–Crippen MR) is 78.6 cm³/mol. The molecule has 0 aliphatic carbocycles. The van der Waals surface area contributed by atoms with E-state index in [1.54, 1.807) is 6.21 Å². The maximum absolute atomic E-state index is 4.27. The van der Waals surface area contributed by atoms with Crippen molar-refractivity contribution in [1.82, 2.24) is 9.97 Å². The summed E-state index contributed by atoms with van der Waals surface area (Å²) in [6, 6.07) is 8.19. The van der Waals surface area contributed by atoms with Gasteiger partial charge < -0.3 is 0 Å². The molecular formula is C15H18N4. The van der Waals surface area contributed by atoms with Crippen molar-refractivity contribution in [2.45, 2.75) is 27.7 Å². The molecule has 4 nitrogen and oxygen atoms in total. The summed E-state index contributed by atoms with van der Waals surface area (Å²) in [4.78, 5) is 8.53. The van der Waals surface area contributed by atoms with Crippen LogP contribution in [0.15, 0.2) is 29.4 Å². The van der Waals surface area contributed by atoms with Crippen molar-refractivity contribution in [2.24, 2.45) is 5.10 Å². The van der Waals surface area contributed by atoms with Crippen LogP contribution in [-0.2, 0) is 0 Å². The molecule has 1 heterocycles. The number of rotatable bonds is 3. The number of benzene rings is 1. The van der Waals surface area contributed by atoms with E-state index in [0.717, 1.165) is 17.0 Å². The largest absolute Gasteiger partial charge is 0.245 e. The predicted octanol–water partition coefficient (Wildman–Crippen LogP) is 3.16. The van der Waals surface area contributed by atoms with Crippen LogP contribution < -0.4 is 5.43 Å². The standard InChI is InChI=1S/C15H18N4/c1-10-5-6-14(11(2)7-10)9-16-19-15-17-12(3)8-13(4)18-15/h5-9H,1-4H3,(H,17,18,19)/b16-9-. The van der Waals surface area contributed by atoms with Crippen LogP contribution in [0.2, 0.25) is 0 Å². The zero-order valence-electron chi connectivity index (χ0n) is 11.7. The van der Waals surface area contributed by atoms with Gasteiger partial charge in [-0.3, -0.25) is 0 Å². The van der Waals surface area contributed by atoms with Crippen molar-refractivity contribution < 1.29 is 0 Å². The highest BCUT2D eigenvalue weighted by atomic mass is 15.3. The quantitative estimate of drug-likeness (QED) is 0.676. The van der Waals surface area contributed by atoms with Gasteiger partial charge in [-0.15, -0.1) is 0 Å². The molecule has 2 rings (SSSR count). The smallest absolute Gasteiger partial charge is 0.243 e. The zero-order valence-corrected chi connectivity index (χ0v) is 11.7. The lowest BCUT2D eigenvalue weighted by molar-refractivity contribution is 1.04. The lowest BCUT2D eigenvalue weighted by Gasteiger charge is -2.03. The molecule has 0 aliphatic rings. The molecule has 0 unspecified atom stereocenters. The number of nitrogens with one attached hydrogen (secondary N) is 1. The third-order valence-electron chi connectivity index (χ3n) is 2.78. The van der Waals surface area contributed by atoms with Crippen molar-refractivity contribution >= 4 is 12.2 Å². The molecule has 1 N–H and O–H groups in total. The average molecular weight is 254 g/mol. The summed E-state index contributed by atoms with van der Waals surface area (Å²) >= 11 is 0. The summed E-state index contributed by atoms with van der Waals surface area (Å²) in [7, 11) is 0. The van der Waals surface area contributed by atoms with E-state index in [2.05, 4.69) is 52.5 Å². The van der Waals surface area contributed by atoms with E-state index in [4.69, 9.17) is 0 Å². The van der Waals surface area contributed by atoms with E-state index in [9.17, 15) is 0 Å². The van der Waals surface area contributed by atoms with Crippen LogP contribution >= 0.6 is 0 Å². The fourth-order valence-electron chi connectivity index (χ4n) is 1.91. The van der Waals surface area contributed by atoms with Gasteiger partial charge >= 0.3 is 0 Å². The second-order valence-electron chi connectivity index (χ2n) is 4.70. The number of hydrogen-bond acceptors (Lipinski definition) is 4. The first-order valence-corrected chi connectivity index (χ1v) is 6.23. The van der Waals surface area contributed by atoms with Crippen LogP contribution in [0.5, 0.6) is 0 Å². The van der Waals surface area contributed by atoms with Crippen LogP contribution in [-0.4, -0.2) is 16.2 Å². The van der Waals surface area contributed by atoms with Gasteiger partial charge in [-0.25, -0.2) is 15.4 Å². The first-order valence-electron chi connectivity index (χ1n) is 6.23. The number of hydrazone groups is 1. The molecule has 0 radical (unpaired) electrons. The van der Waals surface area contributed by atoms with Gasteiger partial charge in [0.05, 0.1) is 6.21 Å². The minimum absolute atomic E-state index is 0.526. The number of aryl methyl sites for hydroxylation is 4. The molecule has 1 aromatic carbocycles. The Balaban J connectivity index is 2.11. The third kappa shape index (κ3) is 3.61. The Morgan fingerprint density at radius 2 is 1.68 bits per heavy atom. The van der Waals surface area contributed by atoms with Crippen molar-refractivity contribution in [3.8, 4) is 0 Å². The average Bonchev–Trinajstić information content (AvgIpc) is 2.30. The fraction of sp³-hybridized carbons (Fsp3) is 0.267. The molecule has 0 aliphatic heterocycles. The molecule has 0 saturated heterocycles. The first kappa shape index (κ1) is 13.2. The lowest BCUT2D eigenvalue weighted by atomic mass is 10.1. The van der Waals surface area contributed by atoms with Gasteiger partial charge in [0, 0.05) is 11.4 Å². The fourth-order valence-corrected chi connectivity index (χ4v) is 1.91. The van der Waals surface area contributed by atoms with Crippen LogP contribution in [0, 0.1) is 27.7 Å². The van der Waals surface area contributed by atoms with E-state index in [-0.39, 0.29) is 0 Å². The van der Waals surface area contributed by atoms with Crippen LogP contribution in [0.4, 0.5) is 5.95 Å². The highest BCUT2D eigenvalue weighted by Gasteiger charge is 1.98. The Morgan fingerprint density at radius 3 is 2.32 bits per heavy atom. The monoisotopic (exact) mass is 254 g/mol. The summed E-state index contributed by atoms with van der Waals surface area (Å²) in [5.41, 5.74) is 8.26. The number of nitrogens with zero attached hydrogens (tertiary/aromatic N) is 3. The molecule has 0 atom stereocenters. The zero-order chi connectivity index (χ0) is 13.8. The summed E-state index contributed by atoms with van der Waals surface area (Å²) in [5.74, 6) is 0.526. The summed E-state index contributed by atoms with van der Waals surface area (Å²) in [5, 5.41) is 4.18. The SMILES string of the molecule is Cc1ccc(/C=N\Nc2nc(C)cc(C)n2)c(C)c1. The van der Waals surface area contributed by atoms with Crippen molar-refractivity contribution in [3.63, 3.8) is 0 Å². The Kier molecular flexibility index (Phi) is 3.90. The number of aromatic nitrogens is 2. The molecule has 19 heavy (non-hydrogen) atoms. The summed E-state index contributed by atoms with van der Waals surface area (Å²) in [6.45, 7) is 8.03. The Morgan fingerprint density at radius 1 is 1.00 bits per heavy atom. The molecule has 98 valence electrons. The number of hydrogen-bond donors (Lipinski definition) is 1. The van der Waals surface area contributed by atoms with E-state index in [0.29, 0.717) is 5.95 Å². The van der Waals surface area contributed by atoms with Gasteiger partial charge in [0.25, 0.3) is 0 Å². The summed E-state index contributed by atoms with van der Waals surface area (Å²) in [6.07, 6.45) is 1.79. The van der Waals surface area contributed by atoms with Gasteiger partial charge in [-0.2, -0.15) is 5.10 Å². The normalized spacial score (nSPS) is 10.9. The van der Waals surface area contributed by atoms with E-state index in [1.165, 1.54) is 11.1 Å². The van der Waals surface area contributed by atoms with Gasteiger partial charge in [0.2, 0.25) is 5.95 Å². The van der Waals surface area contributed by atoms with Crippen molar-refractivity contribution in [2.75, 3.05) is 5.43 Å². The van der Waals surface area contributed by atoms with Crippen LogP contribution in [0.3, 0.4) is 0 Å². The highest BCUT2D eigenvalue weighted by Crippen LogP contribution is 2.08. The van der Waals surface area contributed by atoms with Crippen LogP contribution in [0.25, 0.3) is 0 Å². The lowest BCUT2D eigenvalue weighted by Crippen LogP contribution is -2.00. The minimum Gasteiger partial charge on any atom is -0.245 e. The molecule has 0 fully saturated rings. The topological polar surface area (TPSA) is 50.2 Å². The Labute approximate surface area is 113 Å². The Hall–Kier alpha value is -2.23. The second-order valence-corrected chi connectivity index (χ2v) is 4.70. The maximum Gasteiger partial charge on any atom is 0.243 e. The highest BCUT2D eigenvalue weighted by molar-refractivity contribution is 5.82.